The van der Waals surface area contributed by atoms with Crippen molar-refractivity contribution in [3.63, 3.8) is 0 Å². The smallest absolute Gasteiger partial charge is 0.103 e. The SMILES string of the molecule is CC(CCO)(CC1CCCCC1)OO. The number of rotatable bonds is 5. The van der Waals surface area contributed by atoms with Crippen molar-refractivity contribution >= 4 is 0 Å². The van der Waals surface area contributed by atoms with E-state index < -0.39 is 5.60 Å². The molecule has 1 unspecified atom stereocenters. The molecule has 1 fully saturated rings. The molecule has 0 aromatic rings. The summed E-state index contributed by atoms with van der Waals surface area (Å²) in [5.41, 5.74) is -0.545. The lowest BCUT2D eigenvalue weighted by Crippen LogP contribution is -2.32. The third-order valence-electron chi connectivity index (χ3n) is 3.31. The van der Waals surface area contributed by atoms with Gasteiger partial charge in [0, 0.05) is 13.0 Å². The molecule has 0 radical (unpaired) electrons. The average Bonchev–Trinajstić information content (AvgIpc) is 2.20. The van der Waals surface area contributed by atoms with Gasteiger partial charge in [0.15, 0.2) is 0 Å². The number of hydrogen-bond acceptors (Lipinski definition) is 3. The Balaban J connectivity index is 2.37. The molecule has 3 nitrogen and oxygen atoms in total. The lowest BCUT2D eigenvalue weighted by atomic mass is 9.80. The van der Waals surface area contributed by atoms with Crippen molar-refractivity contribution in [2.75, 3.05) is 6.61 Å². The van der Waals surface area contributed by atoms with Gasteiger partial charge in [-0.25, -0.2) is 4.89 Å². The summed E-state index contributed by atoms with van der Waals surface area (Å²) >= 11 is 0. The molecule has 0 amide bonds. The molecule has 0 heterocycles. The van der Waals surface area contributed by atoms with Crippen molar-refractivity contribution in [2.24, 2.45) is 5.92 Å². The Morgan fingerprint density at radius 2 is 1.93 bits per heavy atom. The van der Waals surface area contributed by atoms with Crippen molar-refractivity contribution in [3.05, 3.63) is 0 Å². The molecule has 14 heavy (non-hydrogen) atoms. The standard InChI is InChI=1S/C11H22O3/c1-11(14-13,7-8-12)9-10-5-3-2-4-6-10/h10,12-13H,2-9H2,1H3. The van der Waals surface area contributed by atoms with Gasteiger partial charge in [0.05, 0.1) is 0 Å². The van der Waals surface area contributed by atoms with E-state index in [4.69, 9.17) is 10.4 Å². The van der Waals surface area contributed by atoms with Gasteiger partial charge >= 0.3 is 0 Å². The van der Waals surface area contributed by atoms with Crippen LogP contribution in [-0.2, 0) is 4.89 Å². The molecule has 0 saturated heterocycles. The van der Waals surface area contributed by atoms with Crippen LogP contribution in [0.2, 0.25) is 0 Å². The Morgan fingerprint density at radius 1 is 1.29 bits per heavy atom. The molecule has 0 aliphatic heterocycles. The number of hydrogen-bond donors (Lipinski definition) is 2. The second-order valence-corrected chi connectivity index (χ2v) is 4.72. The van der Waals surface area contributed by atoms with E-state index >= 15 is 0 Å². The van der Waals surface area contributed by atoms with Crippen LogP contribution in [0.1, 0.15) is 51.9 Å². The maximum Gasteiger partial charge on any atom is 0.103 e. The van der Waals surface area contributed by atoms with Crippen molar-refractivity contribution in [1.29, 1.82) is 0 Å². The Hall–Kier alpha value is -0.120. The number of aliphatic hydroxyl groups excluding tert-OH is 1. The zero-order chi connectivity index (χ0) is 10.4. The van der Waals surface area contributed by atoms with Crippen LogP contribution in [0, 0.1) is 5.92 Å². The zero-order valence-corrected chi connectivity index (χ0v) is 9.04. The summed E-state index contributed by atoms with van der Waals surface area (Å²) in [4.78, 5) is 4.52. The molecule has 84 valence electrons. The highest BCUT2D eigenvalue weighted by molar-refractivity contribution is 4.79. The fraction of sp³-hybridized carbons (Fsp3) is 1.00. The third-order valence-corrected chi connectivity index (χ3v) is 3.31. The quantitative estimate of drug-likeness (QED) is 0.532. The van der Waals surface area contributed by atoms with Gasteiger partial charge < -0.3 is 5.11 Å². The molecule has 1 rings (SSSR count). The van der Waals surface area contributed by atoms with E-state index in [-0.39, 0.29) is 6.61 Å². The van der Waals surface area contributed by atoms with E-state index in [1.54, 1.807) is 0 Å². The van der Waals surface area contributed by atoms with Crippen LogP contribution in [0.25, 0.3) is 0 Å². The van der Waals surface area contributed by atoms with Crippen LogP contribution < -0.4 is 0 Å². The minimum atomic E-state index is -0.545. The van der Waals surface area contributed by atoms with E-state index in [2.05, 4.69) is 4.89 Å². The third kappa shape index (κ3) is 3.56. The zero-order valence-electron chi connectivity index (χ0n) is 9.04. The summed E-state index contributed by atoms with van der Waals surface area (Å²) in [5.74, 6) is 0.660. The van der Waals surface area contributed by atoms with Gasteiger partial charge in [-0.2, -0.15) is 0 Å². The van der Waals surface area contributed by atoms with Gasteiger partial charge in [0.2, 0.25) is 0 Å². The van der Waals surface area contributed by atoms with Crippen LogP contribution >= 0.6 is 0 Å². The van der Waals surface area contributed by atoms with Gasteiger partial charge in [0.1, 0.15) is 5.60 Å². The highest BCUT2D eigenvalue weighted by atomic mass is 17.1. The van der Waals surface area contributed by atoms with E-state index in [9.17, 15) is 0 Å². The van der Waals surface area contributed by atoms with E-state index in [1.807, 2.05) is 6.92 Å². The first-order valence-corrected chi connectivity index (χ1v) is 5.63. The molecular formula is C11H22O3. The van der Waals surface area contributed by atoms with E-state index in [0.717, 1.165) is 6.42 Å². The lowest BCUT2D eigenvalue weighted by Gasteiger charge is -2.31. The second kappa shape index (κ2) is 5.69. The molecule has 1 atom stereocenters. The van der Waals surface area contributed by atoms with Gasteiger partial charge in [0.25, 0.3) is 0 Å². The molecule has 1 saturated carbocycles. The van der Waals surface area contributed by atoms with Crippen LogP contribution in [0.4, 0.5) is 0 Å². The Labute approximate surface area is 86.0 Å². The molecule has 3 heteroatoms. The highest BCUT2D eigenvalue weighted by Crippen LogP contribution is 2.33. The normalized spacial score (nSPS) is 23.4. The maximum absolute atomic E-state index is 8.87. The molecule has 0 spiro atoms. The molecule has 1 aliphatic rings. The summed E-state index contributed by atoms with van der Waals surface area (Å²) < 4.78 is 0. The van der Waals surface area contributed by atoms with Gasteiger partial charge in [-0.15, -0.1) is 0 Å². The van der Waals surface area contributed by atoms with Crippen LogP contribution in [0.15, 0.2) is 0 Å². The van der Waals surface area contributed by atoms with Crippen molar-refractivity contribution in [2.45, 2.75) is 57.5 Å². The highest BCUT2D eigenvalue weighted by Gasteiger charge is 2.29. The molecule has 2 N–H and O–H groups in total. The molecule has 0 aromatic heterocycles. The molecular weight excluding hydrogens is 180 g/mol. The first-order valence-electron chi connectivity index (χ1n) is 5.63. The summed E-state index contributed by atoms with van der Waals surface area (Å²) in [6.45, 7) is 1.95. The summed E-state index contributed by atoms with van der Waals surface area (Å²) in [5, 5.41) is 17.7. The topological polar surface area (TPSA) is 49.7 Å². The molecule has 0 bridgehead atoms. The fourth-order valence-corrected chi connectivity index (χ4v) is 2.42. The van der Waals surface area contributed by atoms with Crippen molar-refractivity contribution < 1.29 is 15.3 Å². The van der Waals surface area contributed by atoms with E-state index in [1.165, 1.54) is 32.1 Å². The number of aliphatic hydroxyl groups is 1. The summed E-state index contributed by atoms with van der Waals surface area (Å²) in [6.07, 6.45) is 7.79. The summed E-state index contributed by atoms with van der Waals surface area (Å²) in [6, 6.07) is 0. The Bertz CT molecular complexity index is 155. The minimum Gasteiger partial charge on any atom is -0.396 e. The van der Waals surface area contributed by atoms with Crippen molar-refractivity contribution in [3.8, 4) is 0 Å². The van der Waals surface area contributed by atoms with Gasteiger partial charge in [-0.1, -0.05) is 32.1 Å². The second-order valence-electron chi connectivity index (χ2n) is 4.72. The molecule has 1 aliphatic carbocycles. The lowest BCUT2D eigenvalue weighted by molar-refractivity contribution is -0.325. The minimum absolute atomic E-state index is 0.0732. The molecule has 0 aromatic carbocycles. The monoisotopic (exact) mass is 202 g/mol. The Morgan fingerprint density at radius 3 is 2.43 bits per heavy atom. The fourth-order valence-electron chi connectivity index (χ4n) is 2.42. The summed E-state index contributed by atoms with van der Waals surface area (Å²) in [7, 11) is 0. The van der Waals surface area contributed by atoms with E-state index in [0.29, 0.717) is 12.3 Å². The van der Waals surface area contributed by atoms with Crippen LogP contribution in [-0.4, -0.2) is 22.6 Å². The average molecular weight is 202 g/mol. The first-order chi connectivity index (χ1) is 6.70. The van der Waals surface area contributed by atoms with Gasteiger partial charge in [-0.05, 0) is 19.3 Å². The first kappa shape index (κ1) is 12.0. The van der Waals surface area contributed by atoms with Crippen LogP contribution in [0.5, 0.6) is 0 Å². The largest absolute Gasteiger partial charge is 0.396 e. The van der Waals surface area contributed by atoms with Crippen LogP contribution in [0.3, 0.4) is 0 Å². The predicted molar refractivity (Wildman–Crippen MR) is 55.0 cm³/mol. The van der Waals surface area contributed by atoms with Crippen molar-refractivity contribution in [1.82, 2.24) is 0 Å². The van der Waals surface area contributed by atoms with Gasteiger partial charge in [-0.3, -0.25) is 5.26 Å². The Kier molecular flexibility index (Phi) is 4.85. The maximum atomic E-state index is 8.87. The predicted octanol–water partition coefficient (Wildman–Crippen LogP) is 2.59.